The number of nitrogens with zero attached hydrogens (tertiary/aromatic N) is 1. The van der Waals surface area contributed by atoms with Crippen LogP contribution in [0, 0.1) is 5.82 Å². The molecule has 1 fully saturated rings. The van der Waals surface area contributed by atoms with Gasteiger partial charge in [0.05, 0.1) is 0 Å². The maximum Gasteiger partial charge on any atom is 0.314 e. The van der Waals surface area contributed by atoms with E-state index in [2.05, 4.69) is 5.32 Å². The molecule has 0 spiro atoms. The molecule has 0 aromatic heterocycles. The maximum atomic E-state index is 13.4. The summed E-state index contributed by atoms with van der Waals surface area (Å²) in [7, 11) is 0. The molecule has 19 heavy (non-hydrogen) atoms. The van der Waals surface area contributed by atoms with Crippen LogP contribution in [0.15, 0.2) is 24.3 Å². The normalized spacial score (nSPS) is 16.6. The summed E-state index contributed by atoms with van der Waals surface area (Å²) < 4.78 is 13.4. The molecule has 0 aliphatic carbocycles. The third kappa shape index (κ3) is 3.92. The summed E-state index contributed by atoms with van der Waals surface area (Å²) in [5.74, 6) is -0.146. The van der Waals surface area contributed by atoms with Gasteiger partial charge in [-0.3, -0.25) is 0 Å². The molecular formula is C14H20FN3O. The van der Waals surface area contributed by atoms with Crippen LogP contribution < -0.4 is 11.1 Å². The van der Waals surface area contributed by atoms with Crippen molar-refractivity contribution in [3.05, 3.63) is 35.6 Å². The minimum atomic E-state index is -0.343. The molecule has 1 aromatic rings. The number of likely N-dealkylation sites (tertiary alicyclic amines) is 1. The summed E-state index contributed by atoms with van der Waals surface area (Å²) >= 11 is 0. The number of urea groups is 1. The molecule has 0 radical (unpaired) electrons. The van der Waals surface area contributed by atoms with E-state index < -0.39 is 0 Å². The number of nitrogens with two attached hydrogens (primary N) is 1. The molecule has 104 valence electrons. The number of primary amides is 1. The molecule has 2 amide bonds. The molecule has 4 nitrogen and oxygen atoms in total. The highest BCUT2D eigenvalue weighted by Gasteiger charge is 2.20. The molecule has 0 unspecified atom stereocenters. The van der Waals surface area contributed by atoms with E-state index in [1.807, 2.05) is 12.1 Å². The highest BCUT2D eigenvalue weighted by atomic mass is 19.1. The van der Waals surface area contributed by atoms with Crippen LogP contribution >= 0.6 is 0 Å². The van der Waals surface area contributed by atoms with Crippen molar-refractivity contribution in [3.63, 3.8) is 0 Å². The summed E-state index contributed by atoms with van der Waals surface area (Å²) in [6, 6.07) is 6.90. The van der Waals surface area contributed by atoms with Gasteiger partial charge in [0.2, 0.25) is 0 Å². The Bertz CT molecular complexity index is 430. The smallest absolute Gasteiger partial charge is 0.314 e. The Hall–Kier alpha value is -1.62. The topological polar surface area (TPSA) is 58.4 Å². The predicted molar refractivity (Wildman–Crippen MR) is 72.3 cm³/mol. The predicted octanol–water partition coefficient (Wildman–Crippen LogP) is 1.50. The summed E-state index contributed by atoms with van der Waals surface area (Å²) in [6.45, 7) is 2.15. The van der Waals surface area contributed by atoms with Crippen molar-refractivity contribution >= 4 is 6.03 Å². The Kier molecular flexibility index (Phi) is 4.74. The van der Waals surface area contributed by atoms with Crippen molar-refractivity contribution in [2.24, 2.45) is 5.73 Å². The van der Waals surface area contributed by atoms with Gasteiger partial charge in [-0.2, -0.15) is 0 Å². The largest absolute Gasteiger partial charge is 0.351 e. The third-order valence-corrected chi connectivity index (χ3v) is 3.59. The first-order valence-electron chi connectivity index (χ1n) is 6.68. The van der Waals surface area contributed by atoms with Crippen molar-refractivity contribution in [3.8, 4) is 0 Å². The molecule has 1 aromatic carbocycles. The molecule has 5 heteroatoms. The zero-order valence-corrected chi connectivity index (χ0v) is 10.9. The minimum Gasteiger partial charge on any atom is -0.351 e. The molecule has 1 aliphatic heterocycles. The lowest BCUT2D eigenvalue weighted by Crippen LogP contribution is -2.47. The summed E-state index contributed by atoms with van der Waals surface area (Å²) in [4.78, 5) is 12.6. The van der Waals surface area contributed by atoms with Crippen LogP contribution in [0.2, 0.25) is 0 Å². The zero-order chi connectivity index (χ0) is 13.7. The molecule has 1 saturated heterocycles. The van der Waals surface area contributed by atoms with Crippen LogP contribution in [-0.4, -0.2) is 36.6 Å². The van der Waals surface area contributed by atoms with Crippen molar-refractivity contribution in [1.82, 2.24) is 10.2 Å². The fourth-order valence-electron chi connectivity index (χ4n) is 2.42. The monoisotopic (exact) mass is 265 g/mol. The number of amides is 2. The lowest BCUT2D eigenvalue weighted by molar-refractivity contribution is 0.185. The first-order valence-corrected chi connectivity index (χ1v) is 6.68. The maximum absolute atomic E-state index is 13.4. The second-order valence-electron chi connectivity index (χ2n) is 4.90. The van der Waals surface area contributed by atoms with Crippen LogP contribution in [0.3, 0.4) is 0 Å². The second kappa shape index (κ2) is 6.52. The summed E-state index contributed by atoms with van der Waals surface area (Å²) in [5.41, 5.74) is 5.97. The number of benzene rings is 1. The quantitative estimate of drug-likeness (QED) is 0.866. The van der Waals surface area contributed by atoms with Gasteiger partial charge in [0.15, 0.2) is 0 Å². The van der Waals surface area contributed by atoms with Crippen LogP contribution in [0.25, 0.3) is 0 Å². The Labute approximate surface area is 112 Å². The van der Waals surface area contributed by atoms with Crippen molar-refractivity contribution in [2.45, 2.75) is 25.3 Å². The van der Waals surface area contributed by atoms with Crippen LogP contribution in [-0.2, 0) is 6.42 Å². The SMILES string of the molecule is NC(=O)N1CCC(NCCc2ccccc2F)CC1. The fourth-order valence-corrected chi connectivity index (χ4v) is 2.42. The van der Waals surface area contributed by atoms with Crippen molar-refractivity contribution in [1.29, 1.82) is 0 Å². The van der Waals surface area contributed by atoms with E-state index in [9.17, 15) is 9.18 Å². The van der Waals surface area contributed by atoms with Gasteiger partial charge >= 0.3 is 6.03 Å². The molecule has 0 saturated carbocycles. The first-order chi connectivity index (χ1) is 9.16. The number of piperidine rings is 1. The number of hydrogen-bond donors (Lipinski definition) is 2. The van der Waals surface area contributed by atoms with Gasteiger partial charge in [-0.15, -0.1) is 0 Å². The van der Waals surface area contributed by atoms with E-state index in [0.717, 1.165) is 24.9 Å². The zero-order valence-electron chi connectivity index (χ0n) is 10.9. The number of rotatable bonds is 4. The van der Waals surface area contributed by atoms with Crippen molar-refractivity contribution < 1.29 is 9.18 Å². The van der Waals surface area contributed by atoms with Gasteiger partial charge in [0.25, 0.3) is 0 Å². The average molecular weight is 265 g/mol. The number of carbonyl (C=O) groups is 1. The van der Waals surface area contributed by atoms with E-state index in [1.165, 1.54) is 6.07 Å². The molecule has 2 rings (SSSR count). The van der Waals surface area contributed by atoms with E-state index >= 15 is 0 Å². The number of nitrogens with one attached hydrogen (secondary N) is 1. The van der Waals surface area contributed by atoms with Gasteiger partial charge < -0.3 is 16.0 Å². The first kappa shape index (κ1) is 13.8. The number of carbonyl (C=O) groups excluding carboxylic acids is 1. The van der Waals surface area contributed by atoms with Gasteiger partial charge in [0, 0.05) is 19.1 Å². The Morgan fingerprint density at radius 1 is 1.37 bits per heavy atom. The minimum absolute atomic E-state index is 0.146. The standard InChI is InChI=1S/C14H20FN3O/c15-13-4-2-1-3-11(13)5-8-17-12-6-9-18(10-7-12)14(16)19/h1-4,12,17H,5-10H2,(H2,16,19). The Balaban J connectivity index is 1.70. The molecular weight excluding hydrogens is 245 g/mol. The van der Waals surface area contributed by atoms with Gasteiger partial charge in [-0.25, -0.2) is 9.18 Å². The van der Waals surface area contributed by atoms with Crippen LogP contribution in [0.1, 0.15) is 18.4 Å². The lowest BCUT2D eigenvalue weighted by Gasteiger charge is -2.31. The molecule has 1 aliphatic rings. The number of hydrogen-bond acceptors (Lipinski definition) is 2. The average Bonchev–Trinajstić information content (AvgIpc) is 2.41. The lowest BCUT2D eigenvalue weighted by atomic mass is 10.0. The Morgan fingerprint density at radius 2 is 2.05 bits per heavy atom. The van der Waals surface area contributed by atoms with Crippen molar-refractivity contribution in [2.75, 3.05) is 19.6 Å². The van der Waals surface area contributed by atoms with E-state index in [-0.39, 0.29) is 11.8 Å². The highest BCUT2D eigenvalue weighted by Crippen LogP contribution is 2.11. The van der Waals surface area contributed by atoms with Crippen LogP contribution in [0.5, 0.6) is 0 Å². The summed E-state index contributed by atoms with van der Waals surface area (Å²) in [6.07, 6.45) is 2.49. The molecule has 3 N–H and O–H groups in total. The number of halogens is 1. The van der Waals surface area contributed by atoms with Gasteiger partial charge in [-0.05, 0) is 37.4 Å². The summed E-state index contributed by atoms with van der Waals surface area (Å²) in [5, 5.41) is 3.41. The van der Waals surface area contributed by atoms with E-state index in [0.29, 0.717) is 25.6 Å². The molecule has 0 atom stereocenters. The molecule has 0 bridgehead atoms. The van der Waals surface area contributed by atoms with E-state index in [1.54, 1.807) is 11.0 Å². The Morgan fingerprint density at radius 3 is 2.68 bits per heavy atom. The molecule has 1 heterocycles. The highest BCUT2D eigenvalue weighted by molar-refractivity contribution is 5.72. The second-order valence-corrected chi connectivity index (χ2v) is 4.90. The van der Waals surface area contributed by atoms with Gasteiger partial charge in [0.1, 0.15) is 5.82 Å². The third-order valence-electron chi connectivity index (χ3n) is 3.59. The fraction of sp³-hybridized carbons (Fsp3) is 0.500. The van der Waals surface area contributed by atoms with Crippen LogP contribution in [0.4, 0.5) is 9.18 Å². The van der Waals surface area contributed by atoms with E-state index in [4.69, 9.17) is 5.73 Å². The van der Waals surface area contributed by atoms with Gasteiger partial charge in [-0.1, -0.05) is 18.2 Å².